The van der Waals surface area contributed by atoms with Crippen molar-refractivity contribution in [2.24, 2.45) is 0 Å². The Kier molecular flexibility index (Phi) is 3.66. The molecule has 5 heteroatoms. The summed E-state index contributed by atoms with van der Waals surface area (Å²) in [4.78, 5) is 10.3. The summed E-state index contributed by atoms with van der Waals surface area (Å²) < 4.78 is 17.3. The molecule has 3 nitrogen and oxygen atoms in total. The number of hydrogen-bond acceptors (Lipinski definition) is 3. The number of ether oxygens (including phenoxy) is 1. The van der Waals surface area contributed by atoms with Crippen LogP contribution in [0.4, 0.5) is 4.39 Å². The topological polar surface area (TPSA) is 52.7 Å². The molecule has 1 aliphatic rings. The Morgan fingerprint density at radius 1 is 1.36 bits per heavy atom. The van der Waals surface area contributed by atoms with E-state index in [9.17, 15) is 14.3 Å². The fourth-order valence-electron chi connectivity index (χ4n) is 1.20. The normalized spacial score (nSPS) is 23.8. The molecule has 0 saturated carbocycles. The molecule has 0 aliphatic carbocycles. The minimum atomic E-state index is -1.23. The Balaban J connectivity index is 0.000000980. The summed E-state index contributed by atoms with van der Waals surface area (Å²) in [6.45, 7) is 0. The molecule has 1 aliphatic heterocycles. The van der Waals surface area contributed by atoms with Crippen LogP contribution in [0.5, 0.6) is 0 Å². The van der Waals surface area contributed by atoms with Crippen molar-refractivity contribution in [2.45, 2.75) is 12.2 Å². The number of halogens is 1. The van der Waals surface area contributed by atoms with Gasteiger partial charge in [0.25, 0.3) is 0 Å². The van der Waals surface area contributed by atoms with E-state index in [2.05, 4.69) is 0 Å². The minimum Gasteiger partial charge on any atom is -0.547 e. The fourth-order valence-corrected chi connectivity index (χ4v) is 1.20. The van der Waals surface area contributed by atoms with Crippen LogP contribution in [0.25, 0.3) is 0 Å². The van der Waals surface area contributed by atoms with Crippen LogP contribution in [0.1, 0.15) is 11.7 Å². The van der Waals surface area contributed by atoms with Crippen LogP contribution in [-0.4, -0.2) is 12.1 Å². The van der Waals surface area contributed by atoms with Crippen LogP contribution < -0.4 is 34.7 Å². The summed E-state index contributed by atoms with van der Waals surface area (Å²) in [7, 11) is 0. The molecule has 1 aromatic carbocycles. The zero-order valence-electron chi connectivity index (χ0n) is 7.57. The van der Waals surface area contributed by atoms with Crippen molar-refractivity contribution in [3.05, 3.63) is 35.6 Å². The molecule has 0 N–H and O–H groups in total. The standard InChI is InChI=1S/C9H7FO3.Na/c10-6-3-1-5(2-4-6)7-8(13-7)9(11)12;/h1-4,7-8H,(H,11,12);/q;+1/p-1/t7-,8-;/m1./s1. The van der Waals surface area contributed by atoms with Crippen molar-refractivity contribution in [1.29, 1.82) is 0 Å². The molecule has 2 atom stereocenters. The zero-order chi connectivity index (χ0) is 9.42. The number of carbonyl (C=O) groups is 1. The Hall–Kier alpha value is -0.420. The summed E-state index contributed by atoms with van der Waals surface area (Å²) >= 11 is 0. The number of carbonyl (C=O) groups excluding carboxylic acids is 1. The smallest absolute Gasteiger partial charge is 0.547 e. The zero-order valence-corrected chi connectivity index (χ0v) is 9.57. The number of carboxylic acids is 1. The molecular formula is C9H6FNaO3. The average molecular weight is 204 g/mol. The first kappa shape index (κ1) is 11.7. The van der Waals surface area contributed by atoms with E-state index in [1.807, 2.05) is 0 Å². The van der Waals surface area contributed by atoms with E-state index in [-0.39, 0.29) is 35.4 Å². The summed E-state index contributed by atoms with van der Waals surface area (Å²) in [5, 5.41) is 10.3. The number of rotatable bonds is 2. The van der Waals surface area contributed by atoms with Crippen molar-refractivity contribution < 1.29 is 48.6 Å². The maximum atomic E-state index is 12.5. The Morgan fingerprint density at radius 2 is 1.93 bits per heavy atom. The number of benzene rings is 1. The van der Waals surface area contributed by atoms with E-state index in [0.29, 0.717) is 5.56 Å². The van der Waals surface area contributed by atoms with Crippen LogP contribution in [0.2, 0.25) is 0 Å². The second-order valence-corrected chi connectivity index (χ2v) is 2.85. The van der Waals surface area contributed by atoms with E-state index < -0.39 is 18.2 Å². The van der Waals surface area contributed by atoms with Crippen molar-refractivity contribution in [3.63, 3.8) is 0 Å². The van der Waals surface area contributed by atoms with E-state index in [1.54, 1.807) is 0 Å². The maximum Gasteiger partial charge on any atom is 1.00 e. The van der Waals surface area contributed by atoms with Gasteiger partial charge in [0.2, 0.25) is 0 Å². The van der Waals surface area contributed by atoms with Crippen LogP contribution >= 0.6 is 0 Å². The number of aliphatic carboxylic acids is 1. The SMILES string of the molecule is O=C([O-])[C@@H]1O[C@@H]1c1ccc(F)cc1.[Na+]. The van der Waals surface area contributed by atoms with E-state index in [1.165, 1.54) is 24.3 Å². The molecule has 14 heavy (non-hydrogen) atoms. The number of carboxylic acid groups (broad SMARTS) is 1. The molecule has 1 fully saturated rings. The predicted octanol–water partition coefficient (Wildman–Crippen LogP) is -2.98. The second-order valence-electron chi connectivity index (χ2n) is 2.85. The molecule has 0 amide bonds. The van der Waals surface area contributed by atoms with Crippen LogP contribution in [-0.2, 0) is 9.53 Å². The molecule has 68 valence electrons. The van der Waals surface area contributed by atoms with Gasteiger partial charge in [-0.2, -0.15) is 0 Å². The van der Waals surface area contributed by atoms with E-state index >= 15 is 0 Å². The number of hydrogen-bond donors (Lipinski definition) is 0. The Morgan fingerprint density at radius 3 is 2.36 bits per heavy atom. The first-order valence-electron chi connectivity index (χ1n) is 3.80. The molecule has 1 aromatic rings. The Bertz CT molecular complexity index is 338. The van der Waals surface area contributed by atoms with Gasteiger partial charge in [-0.1, -0.05) is 12.1 Å². The van der Waals surface area contributed by atoms with Crippen molar-refractivity contribution in [1.82, 2.24) is 0 Å². The van der Waals surface area contributed by atoms with Crippen LogP contribution in [0, 0.1) is 5.82 Å². The van der Waals surface area contributed by atoms with Gasteiger partial charge in [0.15, 0.2) is 0 Å². The third kappa shape index (κ3) is 2.33. The van der Waals surface area contributed by atoms with Gasteiger partial charge in [-0.3, -0.25) is 0 Å². The number of epoxide rings is 1. The summed E-state index contributed by atoms with van der Waals surface area (Å²) in [6.07, 6.45) is -1.34. The summed E-state index contributed by atoms with van der Waals surface area (Å²) in [5.41, 5.74) is 0.663. The monoisotopic (exact) mass is 204 g/mol. The van der Waals surface area contributed by atoms with Gasteiger partial charge in [-0.05, 0) is 17.7 Å². The largest absolute Gasteiger partial charge is 1.00 e. The Labute approximate surface area is 102 Å². The van der Waals surface area contributed by atoms with Crippen LogP contribution in [0.15, 0.2) is 24.3 Å². The van der Waals surface area contributed by atoms with Gasteiger partial charge in [-0.15, -0.1) is 0 Å². The molecule has 0 aromatic heterocycles. The van der Waals surface area contributed by atoms with E-state index in [0.717, 1.165) is 0 Å². The molecule has 1 saturated heterocycles. The predicted molar refractivity (Wildman–Crippen MR) is 39.0 cm³/mol. The average Bonchev–Trinajstić information content (AvgIpc) is 2.85. The van der Waals surface area contributed by atoms with Gasteiger partial charge in [0.1, 0.15) is 18.0 Å². The third-order valence-electron chi connectivity index (χ3n) is 1.92. The van der Waals surface area contributed by atoms with Gasteiger partial charge < -0.3 is 14.6 Å². The van der Waals surface area contributed by atoms with Crippen LogP contribution in [0.3, 0.4) is 0 Å². The van der Waals surface area contributed by atoms with E-state index in [4.69, 9.17) is 4.74 Å². The van der Waals surface area contributed by atoms with Gasteiger partial charge >= 0.3 is 29.6 Å². The molecule has 0 bridgehead atoms. The minimum absolute atomic E-state index is 0. The first-order chi connectivity index (χ1) is 6.18. The third-order valence-corrected chi connectivity index (χ3v) is 1.92. The quantitative estimate of drug-likeness (QED) is 0.381. The molecule has 1 heterocycles. The van der Waals surface area contributed by atoms with Crippen molar-refractivity contribution in [3.8, 4) is 0 Å². The van der Waals surface area contributed by atoms with Gasteiger partial charge in [0, 0.05) is 0 Å². The molecule has 0 radical (unpaired) electrons. The molecule has 2 rings (SSSR count). The maximum absolute atomic E-state index is 12.5. The van der Waals surface area contributed by atoms with Gasteiger partial charge in [0.05, 0.1) is 5.97 Å². The molecule has 0 spiro atoms. The van der Waals surface area contributed by atoms with Crippen molar-refractivity contribution >= 4 is 5.97 Å². The second kappa shape index (κ2) is 4.40. The first-order valence-corrected chi connectivity index (χ1v) is 3.80. The molecular weight excluding hydrogens is 198 g/mol. The van der Waals surface area contributed by atoms with Gasteiger partial charge in [-0.25, -0.2) is 4.39 Å². The fraction of sp³-hybridized carbons (Fsp3) is 0.222. The van der Waals surface area contributed by atoms with Crippen molar-refractivity contribution in [2.75, 3.05) is 0 Å². The summed E-state index contributed by atoms with van der Waals surface area (Å²) in [6, 6.07) is 5.54. The summed E-state index contributed by atoms with van der Waals surface area (Å²) in [5.74, 6) is -1.58. The molecule has 0 unspecified atom stereocenters.